The fourth-order valence-electron chi connectivity index (χ4n) is 2.09. The van der Waals surface area contributed by atoms with Crippen molar-refractivity contribution in [2.75, 3.05) is 5.73 Å². The van der Waals surface area contributed by atoms with Gasteiger partial charge in [-0.15, -0.1) is 11.3 Å². The van der Waals surface area contributed by atoms with Crippen molar-refractivity contribution in [3.05, 3.63) is 59.0 Å². The highest BCUT2D eigenvalue weighted by Gasteiger charge is 2.08. The molecule has 0 saturated carbocycles. The van der Waals surface area contributed by atoms with Crippen molar-refractivity contribution in [3.8, 4) is 10.6 Å². The number of benzene rings is 1. The molecule has 1 aromatic carbocycles. The number of rotatable bonds is 3. The zero-order valence-electron chi connectivity index (χ0n) is 10.7. The summed E-state index contributed by atoms with van der Waals surface area (Å²) >= 11 is 1.68. The Labute approximate surface area is 116 Å². The maximum atomic E-state index is 6.04. The van der Waals surface area contributed by atoms with Crippen LogP contribution in [-0.2, 0) is 6.54 Å². The fraction of sp³-hybridized carbons (Fsp3) is 0.133. The van der Waals surface area contributed by atoms with Crippen molar-refractivity contribution in [1.82, 2.24) is 9.78 Å². The molecule has 0 amide bonds. The first kappa shape index (κ1) is 12.0. The lowest BCUT2D eigenvalue weighted by Gasteiger charge is -2.04. The second kappa shape index (κ2) is 4.90. The van der Waals surface area contributed by atoms with E-state index >= 15 is 0 Å². The van der Waals surface area contributed by atoms with E-state index in [1.54, 1.807) is 11.3 Å². The Hall–Kier alpha value is -2.07. The van der Waals surface area contributed by atoms with Gasteiger partial charge in [0.2, 0.25) is 0 Å². The summed E-state index contributed by atoms with van der Waals surface area (Å²) in [7, 11) is 0. The first-order valence-corrected chi connectivity index (χ1v) is 7.03. The first-order chi connectivity index (χ1) is 9.22. The minimum absolute atomic E-state index is 0.699. The maximum absolute atomic E-state index is 6.04. The van der Waals surface area contributed by atoms with Crippen molar-refractivity contribution in [3.63, 3.8) is 0 Å². The SMILES string of the molecule is Cc1cccc(Cn2nc(-c3cccs3)cc2N)c1. The molecule has 0 unspecified atom stereocenters. The molecule has 3 rings (SSSR count). The molecule has 0 spiro atoms. The van der Waals surface area contributed by atoms with Crippen molar-refractivity contribution < 1.29 is 0 Å². The molecule has 0 aliphatic carbocycles. The second-order valence-corrected chi connectivity index (χ2v) is 5.53. The van der Waals surface area contributed by atoms with Crippen molar-refractivity contribution >= 4 is 17.2 Å². The van der Waals surface area contributed by atoms with E-state index in [0.29, 0.717) is 12.4 Å². The van der Waals surface area contributed by atoms with Gasteiger partial charge in [-0.05, 0) is 23.9 Å². The van der Waals surface area contributed by atoms with Crippen LogP contribution in [0.15, 0.2) is 47.8 Å². The van der Waals surface area contributed by atoms with Gasteiger partial charge in [-0.3, -0.25) is 0 Å². The van der Waals surface area contributed by atoms with Crippen molar-refractivity contribution in [1.29, 1.82) is 0 Å². The van der Waals surface area contributed by atoms with E-state index in [0.717, 1.165) is 10.6 Å². The summed E-state index contributed by atoms with van der Waals surface area (Å²) in [5, 5.41) is 6.63. The molecule has 0 atom stereocenters. The molecule has 0 aliphatic heterocycles. The summed E-state index contributed by atoms with van der Waals surface area (Å²) in [4.78, 5) is 1.15. The van der Waals surface area contributed by atoms with Crippen LogP contribution in [0.3, 0.4) is 0 Å². The Morgan fingerprint density at radius 3 is 2.84 bits per heavy atom. The number of nitrogens with two attached hydrogens (primary N) is 1. The van der Waals surface area contributed by atoms with Crippen LogP contribution in [-0.4, -0.2) is 9.78 Å². The normalized spacial score (nSPS) is 10.8. The zero-order chi connectivity index (χ0) is 13.2. The number of nitrogens with zero attached hydrogens (tertiary/aromatic N) is 2. The monoisotopic (exact) mass is 269 g/mol. The summed E-state index contributed by atoms with van der Waals surface area (Å²) in [6.07, 6.45) is 0. The molecule has 0 bridgehead atoms. The van der Waals surface area contributed by atoms with E-state index in [1.807, 2.05) is 22.2 Å². The van der Waals surface area contributed by atoms with Gasteiger partial charge in [-0.25, -0.2) is 4.68 Å². The van der Waals surface area contributed by atoms with E-state index in [4.69, 9.17) is 5.73 Å². The van der Waals surface area contributed by atoms with E-state index in [2.05, 4.69) is 42.4 Å². The Kier molecular flexibility index (Phi) is 3.09. The standard InChI is InChI=1S/C15H15N3S/c1-11-4-2-5-12(8-11)10-18-15(16)9-13(17-18)14-6-3-7-19-14/h2-9H,10,16H2,1H3. The Balaban J connectivity index is 1.90. The topological polar surface area (TPSA) is 43.8 Å². The number of thiophene rings is 1. The third-order valence-corrected chi connectivity index (χ3v) is 3.89. The summed E-state index contributed by atoms with van der Waals surface area (Å²) in [6, 6.07) is 14.4. The average Bonchev–Trinajstić information content (AvgIpc) is 3.00. The third-order valence-electron chi connectivity index (χ3n) is 3.00. The quantitative estimate of drug-likeness (QED) is 0.790. The fourth-order valence-corrected chi connectivity index (χ4v) is 2.77. The summed E-state index contributed by atoms with van der Waals surface area (Å²) in [5.41, 5.74) is 9.45. The average molecular weight is 269 g/mol. The maximum Gasteiger partial charge on any atom is 0.122 e. The van der Waals surface area contributed by atoms with Gasteiger partial charge in [0.25, 0.3) is 0 Å². The predicted octanol–water partition coefficient (Wildman–Crippen LogP) is 3.55. The van der Waals surface area contributed by atoms with Crippen molar-refractivity contribution in [2.24, 2.45) is 0 Å². The van der Waals surface area contributed by atoms with Crippen LogP contribution in [0.5, 0.6) is 0 Å². The number of nitrogen functional groups attached to an aromatic ring is 1. The van der Waals surface area contributed by atoms with Crippen LogP contribution in [0.2, 0.25) is 0 Å². The van der Waals surface area contributed by atoms with Gasteiger partial charge in [0, 0.05) is 6.07 Å². The third kappa shape index (κ3) is 2.53. The van der Waals surface area contributed by atoms with Gasteiger partial charge in [0.15, 0.2) is 0 Å². The number of anilines is 1. The molecule has 4 heteroatoms. The van der Waals surface area contributed by atoms with E-state index in [9.17, 15) is 0 Å². The highest BCUT2D eigenvalue weighted by molar-refractivity contribution is 7.13. The summed E-state index contributed by atoms with van der Waals surface area (Å²) < 4.78 is 1.85. The van der Waals surface area contributed by atoms with E-state index in [-0.39, 0.29) is 0 Å². The minimum atomic E-state index is 0.699. The molecule has 2 aromatic heterocycles. The van der Waals surface area contributed by atoms with Gasteiger partial charge < -0.3 is 5.73 Å². The molecular weight excluding hydrogens is 254 g/mol. The summed E-state index contributed by atoms with van der Waals surface area (Å²) in [5.74, 6) is 0.699. The van der Waals surface area contributed by atoms with Crippen LogP contribution in [0.4, 0.5) is 5.82 Å². The molecule has 0 fully saturated rings. The van der Waals surface area contributed by atoms with Crippen LogP contribution < -0.4 is 5.73 Å². The number of hydrogen-bond donors (Lipinski definition) is 1. The lowest BCUT2D eigenvalue weighted by molar-refractivity contribution is 0.699. The molecule has 0 saturated heterocycles. The Morgan fingerprint density at radius 1 is 1.21 bits per heavy atom. The molecule has 0 radical (unpaired) electrons. The lowest BCUT2D eigenvalue weighted by atomic mass is 10.1. The molecular formula is C15H15N3S. The van der Waals surface area contributed by atoms with Crippen LogP contribution in [0.25, 0.3) is 10.6 Å². The first-order valence-electron chi connectivity index (χ1n) is 6.15. The number of aryl methyl sites for hydroxylation is 1. The smallest absolute Gasteiger partial charge is 0.122 e. The summed E-state index contributed by atoms with van der Waals surface area (Å²) in [6.45, 7) is 2.80. The van der Waals surface area contributed by atoms with E-state index < -0.39 is 0 Å². The van der Waals surface area contributed by atoms with Gasteiger partial charge >= 0.3 is 0 Å². The molecule has 3 aromatic rings. The zero-order valence-corrected chi connectivity index (χ0v) is 11.5. The number of hydrogen-bond acceptors (Lipinski definition) is 3. The molecule has 0 aliphatic rings. The predicted molar refractivity (Wildman–Crippen MR) is 80.2 cm³/mol. The van der Waals surface area contributed by atoms with Gasteiger partial charge in [0.05, 0.1) is 11.4 Å². The Morgan fingerprint density at radius 2 is 2.11 bits per heavy atom. The van der Waals surface area contributed by atoms with Gasteiger partial charge in [-0.2, -0.15) is 5.10 Å². The van der Waals surface area contributed by atoms with Crippen LogP contribution in [0, 0.1) is 6.92 Å². The molecule has 96 valence electrons. The molecule has 2 N–H and O–H groups in total. The molecule has 3 nitrogen and oxygen atoms in total. The van der Waals surface area contributed by atoms with Gasteiger partial charge in [-0.1, -0.05) is 35.9 Å². The van der Waals surface area contributed by atoms with Crippen LogP contribution >= 0.6 is 11.3 Å². The second-order valence-electron chi connectivity index (χ2n) is 4.58. The highest BCUT2D eigenvalue weighted by Crippen LogP contribution is 2.25. The molecule has 19 heavy (non-hydrogen) atoms. The number of aromatic nitrogens is 2. The lowest BCUT2D eigenvalue weighted by Crippen LogP contribution is -2.05. The largest absolute Gasteiger partial charge is 0.384 e. The minimum Gasteiger partial charge on any atom is -0.384 e. The van der Waals surface area contributed by atoms with E-state index in [1.165, 1.54) is 11.1 Å². The van der Waals surface area contributed by atoms with Gasteiger partial charge in [0.1, 0.15) is 11.5 Å². The molecule has 2 heterocycles. The Bertz CT molecular complexity index is 683. The highest BCUT2D eigenvalue weighted by atomic mass is 32.1. The van der Waals surface area contributed by atoms with Crippen LogP contribution in [0.1, 0.15) is 11.1 Å². The van der Waals surface area contributed by atoms with Crippen molar-refractivity contribution in [2.45, 2.75) is 13.5 Å².